The lowest BCUT2D eigenvalue weighted by molar-refractivity contribution is -0.118. The fourth-order valence-electron chi connectivity index (χ4n) is 2.14. The summed E-state index contributed by atoms with van der Waals surface area (Å²) in [6.07, 6.45) is 0.933. The summed E-state index contributed by atoms with van der Waals surface area (Å²) in [6.45, 7) is 5.98. The van der Waals surface area contributed by atoms with E-state index in [-0.39, 0.29) is 23.8 Å². The second-order valence-corrected chi connectivity index (χ2v) is 5.74. The zero-order chi connectivity index (χ0) is 14.0. The quantitative estimate of drug-likeness (QED) is 0.799. The number of hydrogen-bond acceptors (Lipinski definition) is 2. The molecule has 19 heavy (non-hydrogen) atoms. The van der Waals surface area contributed by atoms with Crippen LogP contribution in [-0.2, 0) is 4.79 Å². The van der Waals surface area contributed by atoms with Crippen molar-refractivity contribution in [1.82, 2.24) is 0 Å². The largest absolute Gasteiger partial charge is 0.384 e. The molecule has 1 unspecified atom stereocenters. The molecule has 0 aliphatic heterocycles. The highest BCUT2D eigenvalue weighted by Gasteiger charge is 2.50. The summed E-state index contributed by atoms with van der Waals surface area (Å²) in [5.74, 6) is 5.62. The first kappa shape index (κ1) is 13.6. The molecule has 0 spiro atoms. The molecule has 1 aromatic carbocycles. The van der Waals surface area contributed by atoms with Crippen molar-refractivity contribution in [1.29, 1.82) is 0 Å². The number of aliphatic hydroxyl groups is 1. The molecule has 0 bridgehead atoms. The molecule has 1 aliphatic rings. The average Bonchev–Trinajstić information content (AvgIpc) is 2.98. The van der Waals surface area contributed by atoms with Crippen LogP contribution in [-0.4, -0.2) is 17.6 Å². The third-order valence-corrected chi connectivity index (χ3v) is 3.56. The standard InChI is InChI=1S/C16H19NO2/c1-11-6-7-12(5-4-8-18)14(9-11)17-15(19)13-10-16(13,2)3/h6-7,9,13,18H,8,10H2,1-3H3,(H,17,19). The maximum absolute atomic E-state index is 12.1. The summed E-state index contributed by atoms with van der Waals surface area (Å²) in [5, 5.41) is 11.7. The minimum absolute atomic E-state index is 0.0580. The van der Waals surface area contributed by atoms with Gasteiger partial charge in [-0.05, 0) is 36.5 Å². The Bertz CT molecular complexity index is 564. The van der Waals surface area contributed by atoms with Crippen molar-refractivity contribution in [2.45, 2.75) is 27.2 Å². The fourth-order valence-corrected chi connectivity index (χ4v) is 2.14. The van der Waals surface area contributed by atoms with E-state index in [1.165, 1.54) is 0 Å². The summed E-state index contributed by atoms with van der Waals surface area (Å²) >= 11 is 0. The highest BCUT2D eigenvalue weighted by molar-refractivity contribution is 5.96. The molecule has 1 aromatic rings. The van der Waals surface area contributed by atoms with Gasteiger partial charge in [-0.2, -0.15) is 0 Å². The van der Waals surface area contributed by atoms with E-state index in [4.69, 9.17) is 5.11 Å². The molecule has 0 heterocycles. The van der Waals surface area contributed by atoms with Gasteiger partial charge in [0, 0.05) is 11.5 Å². The van der Waals surface area contributed by atoms with Crippen LogP contribution in [0.2, 0.25) is 0 Å². The zero-order valence-corrected chi connectivity index (χ0v) is 11.6. The second-order valence-electron chi connectivity index (χ2n) is 5.74. The van der Waals surface area contributed by atoms with Crippen molar-refractivity contribution in [2.24, 2.45) is 11.3 Å². The van der Waals surface area contributed by atoms with Crippen LogP contribution in [0.4, 0.5) is 5.69 Å². The molecule has 100 valence electrons. The molecule has 1 fully saturated rings. The predicted octanol–water partition coefficient (Wildman–Crippen LogP) is 2.32. The van der Waals surface area contributed by atoms with Crippen molar-refractivity contribution in [3.8, 4) is 11.8 Å². The van der Waals surface area contributed by atoms with Crippen molar-refractivity contribution in [3.63, 3.8) is 0 Å². The van der Waals surface area contributed by atoms with Crippen LogP contribution in [0.25, 0.3) is 0 Å². The van der Waals surface area contributed by atoms with E-state index in [1.54, 1.807) is 0 Å². The molecule has 0 saturated heterocycles. The number of carbonyl (C=O) groups is 1. The van der Waals surface area contributed by atoms with Gasteiger partial charge in [0.25, 0.3) is 0 Å². The molecule has 3 nitrogen and oxygen atoms in total. The lowest BCUT2D eigenvalue weighted by atomic mass is 10.1. The molecule has 1 amide bonds. The number of amides is 1. The Labute approximate surface area is 114 Å². The van der Waals surface area contributed by atoms with Crippen molar-refractivity contribution >= 4 is 11.6 Å². The van der Waals surface area contributed by atoms with E-state index >= 15 is 0 Å². The number of hydrogen-bond donors (Lipinski definition) is 2. The lowest BCUT2D eigenvalue weighted by Crippen LogP contribution is -2.17. The van der Waals surface area contributed by atoms with Gasteiger partial charge < -0.3 is 10.4 Å². The number of benzene rings is 1. The predicted molar refractivity (Wildman–Crippen MR) is 75.7 cm³/mol. The van der Waals surface area contributed by atoms with Crippen molar-refractivity contribution in [3.05, 3.63) is 29.3 Å². The summed E-state index contributed by atoms with van der Waals surface area (Å²) in [6, 6.07) is 5.72. The molecule has 2 N–H and O–H groups in total. The van der Waals surface area contributed by atoms with E-state index < -0.39 is 0 Å². The molecule has 1 saturated carbocycles. The highest BCUT2D eigenvalue weighted by atomic mass is 16.2. The summed E-state index contributed by atoms with van der Waals surface area (Å²) < 4.78 is 0. The second kappa shape index (κ2) is 5.07. The number of anilines is 1. The number of nitrogens with one attached hydrogen (secondary N) is 1. The van der Waals surface area contributed by atoms with E-state index in [0.717, 1.165) is 23.2 Å². The molecular weight excluding hydrogens is 238 g/mol. The van der Waals surface area contributed by atoms with Gasteiger partial charge in [0.1, 0.15) is 6.61 Å². The van der Waals surface area contributed by atoms with Gasteiger partial charge in [-0.1, -0.05) is 31.8 Å². The maximum atomic E-state index is 12.1. The third-order valence-electron chi connectivity index (χ3n) is 3.56. The number of rotatable bonds is 2. The van der Waals surface area contributed by atoms with Crippen LogP contribution in [0.5, 0.6) is 0 Å². The fraction of sp³-hybridized carbons (Fsp3) is 0.438. The zero-order valence-electron chi connectivity index (χ0n) is 11.6. The average molecular weight is 257 g/mol. The maximum Gasteiger partial charge on any atom is 0.228 e. The van der Waals surface area contributed by atoms with Gasteiger partial charge in [0.05, 0.1) is 5.69 Å². The van der Waals surface area contributed by atoms with Crippen LogP contribution in [0.15, 0.2) is 18.2 Å². The molecule has 0 aromatic heterocycles. The minimum atomic E-state index is -0.184. The van der Waals surface area contributed by atoms with Gasteiger partial charge in [-0.25, -0.2) is 0 Å². The Kier molecular flexibility index (Phi) is 3.64. The van der Waals surface area contributed by atoms with Crippen LogP contribution < -0.4 is 5.32 Å². The monoisotopic (exact) mass is 257 g/mol. The van der Waals surface area contributed by atoms with Crippen molar-refractivity contribution in [2.75, 3.05) is 11.9 Å². The van der Waals surface area contributed by atoms with E-state index in [2.05, 4.69) is 31.0 Å². The van der Waals surface area contributed by atoms with E-state index in [1.807, 2.05) is 25.1 Å². The smallest absolute Gasteiger partial charge is 0.228 e. The molecule has 2 rings (SSSR count). The van der Waals surface area contributed by atoms with Gasteiger partial charge in [-0.15, -0.1) is 0 Å². The van der Waals surface area contributed by atoms with Crippen molar-refractivity contribution < 1.29 is 9.90 Å². The number of aryl methyl sites for hydroxylation is 1. The Hall–Kier alpha value is -1.79. The van der Waals surface area contributed by atoms with E-state index in [0.29, 0.717) is 0 Å². The Morgan fingerprint density at radius 3 is 2.79 bits per heavy atom. The number of aliphatic hydroxyl groups excluding tert-OH is 1. The highest BCUT2D eigenvalue weighted by Crippen LogP contribution is 2.52. The molecule has 1 aliphatic carbocycles. The first-order valence-electron chi connectivity index (χ1n) is 6.45. The molecule has 1 atom stereocenters. The third kappa shape index (κ3) is 3.15. The number of carbonyl (C=O) groups excluding carboxylic acids is 1. The SMILES string of the molecule is Cc1ccc(C#CCO)c(NC(=O)C2CC2(C)C)c1. The summed E-state index contributed by atoms with van der Waals surface area (Å²) in [5.41, 5.74) is 2.66. The normalized spacial score (nSPS) is 19.3. The molecule has 3 heteroatoms. The summed E-state index contributed by atoms with van der Waals surface area (Å²) in [7, 11) is 0. The topological polar surface area (TPSA) is 49.3 Å². The molecule has 0 radical (unpaired) electrons. The summed E-state index contributed by atoms with van der Waals surface area (Å²) in [4.78, 5) is 12.1. The Morgan fingerprint density at radius 1 is 1.53 bits per heavy atom. The van der Waals surface area contributed by atoms with Gasteiger partial charge in [0.2, 0.25) is 5.91 Å². The van der Waals surface area contributed by atoms with E-state index in [9.17, 15) is 4.79 Å². The van der Waals surface area contributed by atoms with Gasteiger partial charge in [-0.3, -0.25) is 4.79 Å². The minimum Gasteiger partial charge on any atom is -0.384 e. The van der Waals surface area contributed by atoms with Crippen LogP contribution in [0.1, 0.15) is 31.4 Å². The first-order chi connectivity index (χ1) is 8.94. The first-order valence-corrected chi connectivity index (χ1v) is 6.45. The van der Waals surface area contributed by atoms with Crippen LogP contribution >= 0.6 is 0 Å². The van der Waals surface area contributed by atoms with Gasteiger partial charge in [0.15, 0.2) is 0 Å². The lowest BCUT2D eigenvalue weighted by Gasteiger charge is -2.09. The Morgan fingerprint density at radius 2 is 2.21 bits per heavy atom. The molecular formula is C16H19NO2. The Balaban J connectivity index is 2.19. The van der Waals surface area contributed by atoms with Crippen LogP contribution in [0, 0.1) is 30.1 Å². The van der Waals surface area contributed by atoms with Gasteiger partial charge >= 0.3 is 0 Å². The van der Waals surface area contributed by atoms with Crippen LogP contribution in [0.3, 0.4) is 0 Å².